The molecule has 0 unspecified atom stereocenters. The average molecular weight is 326 g/mol. The molecule has 0 aliphatic rings. The quantitative estimate of drug-likeness (QED) is 0.479. The molecule has 6 heteroatoms. The van der Waals surface area contributed by atoms with Gasteiger partial charge in [-0.3, -0.25) is 9.59 Å². The Morgan fingerprint density at radius 2 is 1.79 bits per heavy atom. The highest BCUT2D eigenvalue weighted by Crippen LogP contribution is 2.25. The fraction of sp³-hybridized carbons (Fsp3) is 0.111. The van der Waals surface area contributed by atoms with Crippen molar-refractivity contribution in [3.8, 4) is 11.5 Å². The third kappa shape index (κ3) is 4.88. The maximum Gasteiger partial charge on any atom is 0.244 e. The Hall–Kier alpha value is -3.28. The molecular weight excluding hydrogens is 308 g/mol. The van der Waals surface area contributed by atoms with Crippen LogP contribution in [-0.2, 0) is 9.59 Å². The van der Waals surface area contributed by atoms with Crippen molar-refractivity contribution in [2.75, 3.05) is 0 Å². The van der Waals surface area contributed by atoms with Crippen LogP contribution in [0.3, 0.4) is 0 Å². The van der Waals surface area contributed by atoms with E-state index in [1.165, 1.54) is 24.3 Å². The molecule has 0 bridgehead atoms. The first-order valence-corrected chi connectivity index (χ1v) is 7.29. The molecule has 2 aromatic rings. The molecule has 24 heavy (non-hydrogen) atoms. The highest BCUT2D eigenvalue weighted by atomic mass is 16.3. The summed E-state index contributed by atoms with van der Waals surface area (Å²) in [6, 6.07) is 12.7. The molecule has 2 aromatic carbocycles. The zero-order chi connectivity index (χ0) is 17.5. The van der Waals surface area contributed by atoms with Gasteiger partial charge in [-0.15, -0.1) is 0 Å². The van der Waals surface area contributed by atoms with Crippen LogP contribution in [0.2, 0.25) is 0 Å². The third-order valence-corrected chi connectivity index (χ3v) is 3.35. The van der Waals surface area contributed by atoms with Gasteiger partial charge in [0.1, 0.15) is 0 Å². The van der Waals surface area contributed by atoms with Crippen molar-refractivity contribution >= 4 is 17.9 Å². The second-order valence-corrected chi connectivity index (χ2v) is 5.22. The molecule has 0 saturated heterocycles. The van der Waals surface area contributed by atoms with Gasteiger partial charge < -0.3 is 21.3 Å². The van der Waals surface area contributed by atoms with Crippen molar-refractivity contribution in [1.82, 2.24) is 5.32 Å². The molecule has 6 nitrogen and oxygen atoms in total. The number of carbonyl (C=O) groups excluding carboxylic acids is 2. The number of nitrogens with one attached hydrogen (secondary N) is 1. The van der Waals surface area contributed by atoms with Gasteiger partial charge in [-0.1, -0.05) is 36.4 Å². The minimum absolute atomic E-state index is 0.0103. The number of hydrogen-bond donors (Lipinski definition) is 4. The van der Waals surface area contributed by atoms with Crippen molar-refractivity contribution in [3.05, 3.63) is 65.7 Å². The molecule has 2 amide bonds. The highest BCUT2D eigenvalue weighted by molar-refractivity contribution is 5.92. The van der Waals surface area contributed by atoms with Crippen molar-refractivity contribution in [1.29, 1.82) is 0 Å². The van der Waals surface area contributed by atoms with Crippen molar-refractivity contribution < 1.29 is 19.8 Å². The van der Waals surface area contributed by atoms with Gasteiger partial charge in [0.05, 0.1) is 12.5 Å². The van der Waals surface area contributed by atoms with Crippen LogP contribution in [0.4, 0.5) is 0 Å². The number of hydrogen-bond acceptors (Lipinski definition) is 4. The lowest BCUT2D eigenvalue weighted by Crippen LogP contribution is -2.30. The van der Waals surface area contributed by atoms with Gasteiger partial charge in [0.25, 0.3) is 0 Å². The largest absolute Gasteiger partial charge is 0.504 e. The van der Waals surface area contributed by atoms with E-state index >= 15 is 0 Å². The van der Waals surface area contributed by atoms with Crippen molar-refractivity contribution in [2.24, 2.45) is 5.73 Å². The minimum Gasteiger partial charge on any atom is -0.504 e. The Bertz CT molecular complexity index is 757. The zero-order valence-electron chi connectivity index (χ0n) is 12.8. The van der Waals surface area contributed by atoms with E-state index in [9.17, 15) is 19.8 Å². The van der Waals surface area contributed by atoms with Gasteiger partial charge >= 0.3 is 0 Å². The van der Waals surface area contributed by atoms with Crippen LogP contribution in [0, 0.1) is 0 Å². The van der Waals surface area contributed by atoms with E-state index < -0.39 is 17.9 Å². The molecular formula is C18H18N2O4. The molecule has 0 heterocycles. The first kappa shape index (κ1) is 17.1. The fourth-order valence-electron chi connectivity index (χ4n) is 2.17. The Labute approximate surface area is 139 Å². The maximum absolute atomic E-state index is 12.1. The lowest BCUT2D eigenvalue weighted by atomic mass is 10.0. The van der Waals surface area contributed by atoms with Crippen molar-refractivity contribution in [3.63, 3.8) is 0 Å². The summed E-state index contributed by atoms with van der Waals surface area (Å²) < 4.78 is 0. The van der Waals surface area contributed by atoms with Crippen LogP contribution < -0.4 is 11.1 Å². The number of nitrogens with two attached hydrogens (primary N) is 1. The van der Waals surface area contributed by atoms with E-state index in [1.54, 1.807) is 18.2 Å². The third-order valence-electron chi connectivity index (χ3n) is 3.35. The molecule has 0 radical (unpaired) electrons. The summed E-state index contributed by atoms with van der Waals surface area (Å²) in [7, 11) is 0. The summed E-state index contributed by atoms with van der Waals surface area (Å²) in [5.74, 6) is -1.43. The Balaban J connectivity index is 2.08. The van der Waals surface area contributed by atoms with Crippen LogP contribution in [0.5, 0.6) is 11.5 Å². The normalized spacial score (nSPS) is 12.0. The number of aromatic hydroxyl groups is 2. The molecule has 1 atom stereocenters. The zero-order valence-corrected chi connectivity index (χ0v) is 12.8. The number of phenolic OH excluding ortho intramolecular Hbond substituents is 2. The lowest BCUT2D eigenvalue weighted by molar-refractivity contribution is -0.119. The summed E-state index contributed by atoms with van der Waals surface area (Å²) in [6.07, 6.45) is 2.76. The minimum atomic E-state index is -0.519. The van der Waals surface area contributed by atoms with Crippen LogP contribution in [0.15, 0.2) is 54.6 Å². The molecule has 124 valence electrons. The second-order valence-electron chi connectivity index (χ2n) is 5.22. The van der Waals surface area contributed by atoms with Gasteiger partial charge in [-0.05, 0) is 29.3 Å². The monoisotopic (exact) mass is 326 g/mol. The van der Waals surface area contributed by atoms with Gasteiger partial charge in [0.2, 0.25) is 11.8 Å². The SMILES string of the molecule is NC(=O)C[C@H](NC(=O)/C=C/c1ccc(O)c(O)c1)c1ccccc1. The molecule has 0 aromatic heterocycles. The standard InChI is InChI=1S/C18H18N2O4/c19-17(23)11-14(13-4-2-1-3-5-13)20-18(24)9-7-12-6-8-15(21)16(22)10-12/h1-10,14,21-22H,11H2,(H2,19,23)(H,20,24)/b9-7+/t14-/m0/s1. The van der Waals surface area contributed by atoms with Crippen LogP contribution >= 0.6 is 0 Å². The predicted octanol–water partition coefficient (Wildman–Crippen LogP) is 1.84. The van der Waals surface area contributed by atoms with E-state index in [0.29, 0.717) is 5.56 Å². The molecule has 0 saturated carbocycles. The van der Waals surface area contributed by atoms with Gasteiger partial charge in [0.15, 0.2) is 11.5 Å². The number of rotatable bonds is 6. The topological polar surface area (TPSA) is 113 Å². The highest BCUT2D eigenvalue weighted by Gasteiger charge is 2.15. The summed E-state index contributed by atoms with van der Waals surface area (Å²) >= 11 is 0. The fourth-order valence-corrected chi connectivity index (χ4v) is 2.17. The van der Waals surface area contributed by atoms with E-state index in [2.05, 4.69) is 5.32 Å². The first-order valence-electron chi connectivity index (χ1n) is 7.29. The van der Waals surface area contributed by atoms with Gasteiger partial charge in [-0.2, -0.15) is 0 Å². The van der Waals surface area contributed by atoms with Crippen LogP contribution in [0.25, 0.3) is 6.08 Å². The Morgan fingerprint density at radius 3 is 2.42 bits per heavy atom. The van der Waals surface area contributed by atoms with Gasteiger partial charge in [-0.25, -0.2) is 0 Å². The number of amides is 2. The van der Waals surface area contributed by atoms with E-state index in [0.717, 1.165) is 5.56 Å². The lowest BCUT2D eigenvalue weighted by Gasteiger charge is -2.16. The summed E-state index contributed by atoms with van der Waals surface area (Å²) in [4.78, 5) is 23.3. The molecule has 0 aliphatic heterocycles. The Kier molecular flexibility index (Phi) is 5.57. The second kappa shape index (κ2) is 7.82. The van der Waals surface area contributed by atoms with Gasteiger partial charge in [0, 0.05) is 6.08 Å². The molecule has 0 aliphatic carbocycles. The number of phenols is 2. The molecule has 0 spiro atoms. The average Bonchev–Trinajstić information content (AvgIpc) is 2.56. The predicted molar refractivity (Wildman–Crippen MR) is 89.9 cm³/mol. The smallest absolute Gasteiger partial charge is 0.244 e. The summed E-state index contributed by atoms with van der Waals surface area (Å²) in [6.45, 7) is 0. The summed E-state index contributed by atoms with van der Waals surface area (Å²) in [5, 5.41) is 21.4. The molecule has 0 fully saturated rings. The molecule has 5 N–H and O–H groups in total. The van der Waals surface area contributed by atoms with E-state index in [4.69, 9.17) is 5.73 Å². The van der Waals surface area contributed by atoms with Crippen molar-refractivity contribution in [2.45, 2.75) is 12.5 Å². The van der Waals surface area contributed by atoms with Crippen LogP contribution in [-0.4, -0.2) is 22.0 Å². The maximum atomic E-state index is 12.1. The van der Waals surface area contributed by atoms with E-state index in [1.807, 2.05) is 18.2 Å². The number of benzene rings is 2. The number of carbonyl (C=O) groups is 2. The molecule has 2 rings (SSSR count). The van der Waals surface area contributed by atoms with E-state index in [-0.39, 0.29) is 17.9 Å². The summed E-state index contributed by atoms with van der Waals surface area (Å²) in [5.41, 5.74) is 6.57. The van der Waals surface area contributed by atoms with Crippen LogP contribution in [0.1, 0.15) is 23.6 Å². The first-order chi connectivity index (χ1) is 11.5. The Morgan fingerprint density at radius 1 is 1.08 bits per heavy atom. The number of primary amides is 1.